The van der Waals surface area contributed by atoms with Gasteiger partial charge < -0.3 is 4.98 Å². The molecular formula is C12H10N4O2. The number of rotatable bonds is 3. The van der Waals surface area contributed by atoms with E-state index in [2.05, 4.69) is 15.0 Å². The maximum absolute atomic E-state index is 12.0. The van der Waals surface area contributed by atoms with Crippen LogP contribution in [0.2, 0.25) is 0 Å². The largest absolute Gasteiger partial charge is 0.349 e. The second kappa shape index (κ2) is 4.06. The standard InChI is InChI=1S/C12H10N4O2/c17-11-8-2-1-4-15-10(8)12(18)16(11)7-3-9-13-5-6-14-9/h1-2,4-6H,3,7H2,(H,13,14). The molecule has 1 N–H and O–H groups in total. The normalized spacial score (nSPS) is 14.1. The van der Waals surface area contributed by atoms with Crippen LogP contribution in [0.15, 0.2) is 30.7 Å². The van der Waals surface area contributed by atoms with Gasteiger partial charge in [-0.25, -0.2) is 4.98 Å². The number of imidazole rings is 1. The molecule has 90 valence electrons. The molecule has 1 aliphatic rings. The molecule has 0 spiro atoms. The zero-order chi connectivity index (χ0) is 12.5. The molecular weight excluding hydrogens is 232 g/mol. The summed E-state index contributed by atoms with van der Waals surface area (Å²) >= 11 is 0. The van der Waals surface area contributed by atoms with Gasteiger partial charge in [0.2, 0.25) is 0 Å². The zero-order valence-corrected chi connectivity index (χ0v) is 9.46. The first-order valence-corrected chi connectivity index (χ1v) is 5.57. The van der Waals surface area contributed by atoms with Gasteiger partial charge in [0, 0.05) is 31.6 Å². The lowest BCUT2D eigenvalue weighted by molar-refractivity contribution is 0.0653. The highest BCUT2D eigenvalue weighted by Gasteiger charge is 2.36. The van der Waals surface area contributed by atoms with Gasteiger partial charge in [-0.2, -0.15) is 0 Å². The van der Waals surface area contributed by atoms with Crippen molar-refractivity contribution in [1.82, 2.24) is 19.9 Å². The van der Waals surface area contributed by atoms with Crippen LogP contribution in [0.1, 0.15) is 26.7 Å². The van der Waals surface area contributed by atoms with E-state index in [0.29, 0.717) is 18.5 Å². The second-order valence-corrected chi connectivity index (χ2v) is 3.95. The lowest BCUT2D eigenvalue weighted by Gasteiger charge is -2.11. The van der Waals surface area contributed by atoms with E-state index in [9.17, 15) is 9.59 Å². The van der Waals surface area contributed by atoms with Crippen molar-refractivity contribution in [2.75, 3.05) is 6.54 Å². The van der Waals surface area contributed by atoms with Crippen LogP contribution in [0.25, 0.3) is 0 Å². The fraction of sp³-hybridized carbons (Fsp3) is 0.167. The fourth-order valence-corrected chi connectivity index (χ4v) is 1.97. The number of H-pyrrole nitrogens is 1. The number of hydrogen-bond acceptors (Lipinski definition) is 4. The zero-order valence-electron chi connectivity index (χ0n) is 9.46. The van der Waals surface area contributed by atoms with Crippen molar-refractivity contribution < 1.29 is 9.59 Å². The maximum Gasteiger partial charge on any atom is 0.280 e. The fourth-order valence-electron chi connectivity index (χ4n) is 1.97. The number of amides is 2. The minimum atomic E-state index is -0.331. The number of aromatic amines is 1. The number of imide groups is 1. The van der Waals surface area contributed by atoms with Gasteiger partial charge in [0.25, 0.3) is 11.8 Å². The summed E-state index contributed by atoms with van der Waals surface area (Å²) in [5, 5.41) is 0. The Kier molecular flexibility index (Phi) is 2.40. The van der Waals surface area contributed by atoms with Gasteiger partial charge in [-0.3, -0.25) is 19.5 Å². The predicted octanol–water partition coefficient (Wildman–Crippen LogP) is 0.643. The van der Waals surface area contributed by atoms with Crippen LogP contribution in [0.4, 0.5) is 0 Å². The molecule has 6 heteroatoms. The van der Waals surface area contributed by atoms with Crippen molar-refractivity contribution in [3.63, 3.8) is 0 Å². The number of carbonyl (C=O) groups is 2. The van der Waals surface area contributed by atoms with Crippen molar-refractivity contribution in [3.8, 4) is 0 Å². The lowest BCUT2D eigenvalue weighted by Crippen LogP contribution is -2.32. The third-order valence-electron chi connectivity index (χ3n) is 2.86. The van der Waals surface area contributed by atoms with Crippen LogP contribution in [-0.2, 0) is 6.42 Å². The van der Waals surface area contributed by atoms with Crippen molar-refractivity contribution >= 4 is 11.8 Å². The molecule has 0 bridgehead atoms. The molecule has 2 aromatic heterocycles. The van der Waals surface area contributed by atoms with E-state index < -0.39 is 0 Å². The number of nitrogens with zero attached hydrogens (tertiary/aromatic N) is 3. The summed E-state index contributed by atoms with van der Waals surface area (Å²) < 4.78 is 0. The lowest BCUT2D eigenvalue weighted by atomic mass is 10.2. The third-order valence-corrected chi connectivity index (χ3v) is 2.86. The smallest absolute Gasteiger partial charge is 0.280 e. The number of carbonyl (C=O) groups excluding carboxylic acids is 2. The summed E-state index contributed by atoms with van der Waals surface area (Å²) in [5.41, 5.74) is 0.615. The first-order valence-electron chi connectivity index (χ1n) is 5.57. The summed E-state index contributed by atoms with van der Waals surface area (Å²) in [7, 11) is 0. The molecule has 2 amide bonds. The minimum absolute atomic E-state index is 0.238. The van der Waals surface area contributed by atoms with Crippen molar-refractivity contribution in [1.29, 1.82) is 0 Å². The Morgan fingerprint density at radius 1 is 1.17 bits per heavy atom. The highest BCUT2D eigenvalue weighted by atomic mass is 16.2. The average molecular weight is 242 g/mol. The predicted molar refractivity (Wildman–Crippen MR) is 61.9 cm³/mol. The van der Waals surface area contributed by atoms with E-state index in [-0.39, 0.29) is 17.5 Å². The van der Waals surface area contributed by atoms with E-state index in [1.54, 1.807) is 24.5 Å². The summed E-state index contributed by atoms with van der Waals surface area (Å²) in [4.78, 5) is 36.1. The van der Waals surface area contributed by atoms with Crippen molar-refractivity contribution in [2.45, 2.75) is 6.42 Å². The number of nitrogens with one attached hydrogen (secondary N) is 1. The molecule has 3 heterocycles. The number of fused-ring (bicyclic) bond motifs is 1. The monoisotopic (exact) mass is 242 g/mol. The molecule has 0 unspecified atom stereocenters. The van der Waals surface area contributed by atoms with Crippen LogP contribution >= 0.6 is 0 Å². The van der Waals surface area contributed by atoms with Gasteiger partial charge in [0.1, 0.15) is 11.5 Å². The van der Waals surface area contributed by atoms with Gasteiger partial charge in [-0.1, -0.05) is 0 Å². The van der Waals surface area contributed by atoms with E-state index in [0.717, 1.165) is 5.82 Å². The van der Waals surface area contributed by atoms with Crippen LogP contribution in [0.5, 0.6) is 0 Å². The quantitative estimate of drug-likeness (QED) is 0.801. The Morgan fingerprint density at radius 2 is 2.06 bits per heavy atom. The van der Waals surface area contributed by atoms with Gasteiger partial charge in [-0.15, -0.1) is 0 Å². The van der Waals surface area contributed by atoms with E-state index in [1.807, 2.05) is 0 Å². The van der Waals surface area contributed by atoms with Crippen LogP contribution in [0.3, 0.4) is 0 Å². The molecule has 0 aliphatic carbocycles. The van der Waals surface area contributed by atoms with Gasteiger partial charge >= 0.3 is 0 Å². The van der Waals surface area contributed by atoms with E-state index in [1.165, 1.54) is 11.1 Å². The van der Waals surface area contributed by atoms with Crippen LogP contribution in [0, 0.1) is 0 Å². The summed E-state index contributed by atoms with van der Waals surface area (Å²) in [6.45, 7) is 0.307. The molecule has 0 radical (unpaired) electrons. The molecule has 0 saturated carbocycles. The molecule has 18 heavy (non-hydrogen) atoms. The summed E-state index contributed by atoms with van der Waals surface area (Å²) in [6.07, 6.45) is 5.37. The second-order valence-electron chi connectivity index (χ2n) is 3.95. The molecule has 0 atom stereocenters. The number of aromatic nitrogens is 3. The Morgan fingerprint density at radius 3 is 2.78 bits per heavy atom. The molecule has 6 nitrogen and oxygen atoms in total. The molecule has 0 saturated heterocycles. The molecule has 3 rings (SSSR count). The van der Waals surface area contributed by atoms with Gasteiger partial charge in [-0.05, 0) is 12.1 Å². The molecule has 0 fully saturated rings. The van der Waals surface area contributed by atoms with Crippen molar-refractivity contribution in [2.24, 2.45) is 0 Å². The Bertz CT molecular complexity index is 571. The van der Waals surface area contributed by atoms with Gasteiger partial charge in [0.05, 0.1) is 5.56 Å². The van der Waals surface area contributed by atoms with Crippen molar-refractivity contribution in [3.05, 3.63) is 47.8 Å². The summed E-state index contributed by atoms with van der Waals surface area (Å²) in [5.74, 6) is 0.135. The highest BCUT2D eigenvalue weighted by Crippen LogP contribution is 2.20. The number of hydrogen-bond donors (Lipinski definition) is 1. The van der Waals surface area contributed by atoms with Crippen LogP contribution in [-0.4, -0.2) is 38.2 Å². The third kappa shape index (κ3) is 1.58. The van der Waals surface area contributed by atoms with Gasteiger partial charge in [0.15, 0.2) is 0 Å². The topological polar surface area (TPSA) is 79.0 Å². The Balaban J connectivity index is 1.80. The van der Waals surface area contributed by atoms with Crippen LogP contribution < -0.4 is 0 Å². The molecule has 2 aromatic rings. The summed E-state index contributed by atoms with van der Waals surface area (Å²) in [6, 6.07) is 3.27. The molecule has 1 aliphatic heterocycles. The average Bonchev–Trinajstić information content (AvgIpc) is 2.98. The first-order chi connectivity index (χ1) is 8.77. The SMILES string of the molecule is O=C1c2cccnc2C(=O)N1CCc1ncc[nH]1. The first kappa shape index (κ1) is 10.6. The maximum atomic E-state index is 12.0. The Labute approximate surface area is 103 Å². The van der Waals surface area contributed by atoms with E-state index >= 15 is 0 Å². The number of pyridine rings is 1. The molecule has 0 aromatic carbocycles. The minimum Gasteiger partial charge on any atom is -0.349 e. The highest BCUT2D eigenvalue weighted by molar-refractivity contribution is 6.20. The Hall–Kier alpha value is -2.50. The van der Waals surface area contributed by atoms with E-state index in [4.69, 9.17) is 0 Å².